The Morgan fingerprint density at radius 3 is 2.46 bits per heavy atom. The van der Waals surface area contributed by atoms with E-state index in [0.29, 0.717) is 31.4 Å². The van der Waals surface area contributed by atoms with Gasteiger partial charge in [0.05, 0.1) is 11.6 Å². The van der Waals surface area contributed by atoms with Gasteiger partial charge in [-0.2, -0.15) is 5.26 Å². The third-order valence-electron chi connectivity index (χ3n) is 4.02. The number of hydrogen-bond acceptors (Lipinski definition) is 3. The fourth-order valence-corrected chi connectivity index (χ4v) is 2.60. The van der Waals surface area contributed by atoms with Crippen LogP contribution >= 0.6 is 0 Å². The monoisotopic (exact) mass is 322 g/mol. The Morgan fingerprint density at radius 1 is 1.12 bits per heavy atom. The van der Waals surface area contributed by atoms with Crippen molar-refractivity contribution in [1.82, 2.24) is 5.32 Å². The Balaban J connectivity index is 1.81. The Labute approximate surface area is 142 Å². The fourth-order valence-electron chi connectivity index (χ4n) is 2.60. The average Bonchev–Trinajstić information content (AvgIpc) is 2.64. The smallest absolute Gasteiger partial charge is 0.220 e. The third kappa shape index (κ3) is 5.53. The van der Waals surface area contributed by atoms with Gasteiger partial charge >= 0.3 is 0 Å². The summed E-state index contributed by atoms with van der Waals surface area (Å²) in [5.41, 5.74) is 2.79. The summed E-state index contributed by atoms with van der Waals surface area (Å²) in [4.78, 5) is 12.1. The lowest BCUT2D eigenvalue weighted by atomic mass is 9.96. The van der Waals surface area contributed by atoms with Crippen LogP contribution in [-0.2, 0) is 11.2 Å². The van der Waals surface area contributed by atoms with Crippen molar-refractivity contribution in [2.24, 2.45) is 0 Å². The molecule has 124 valence electrons. The maximum atomic E-state index is 12.1. The molecule has 24 heavy (non-hydrogen) atoms. The van der Waals surface area contributed by atoms with Gasteiger partial charge in [-0.15, -0.1) is 0 Å². The maximum Gasteiger partial charge on any atom is 0.220 e. The first-order chi connectivity index (χ1) is 11.7. The predicted octanol–water partition coefficient (Wildman–Crippen LogP) is 2.77. The van der Waals surface area contributed by atoms with E-state index in [0.717, 1.165) is 11.1 Å². The average molecular weight is 322 g/mol. The van der Waals surface area contributed by atoms with E-state index >= 15 is 0 Å². The number of aliphatic hydroxyl groups is 1. The van der Waals surface area contributed by atoms with Crippen molar-refractivity contribution < 1.29 is 9.90 Å². The molecule has 1 atom stereocenters. The molecule has 2 aromatic rings. The number of benzene rings is 2. The summed E-state index contributed by atoms with van der Waals surface area (Å²) >= 11 is 0. The van der Waals surface area contributed by atoms with E-state index in [9.17, 15) is 9.90 Å². The summed E-state index contributed by atoms with van der Waals surface area (Å²) in [7, 11) is 0. The molecular formula is C20H22N2O2. The van der Waals surface area contributed by atoms with Crippen molar-refractivity contribution >= 4 is 5.91 Å². The van der Waals surface area contributed by atoms with E-state index in [1.165, 1.54) is 0 Å². The predicted molar refractivity (Wildman–Crippen MR) is 93.4 cm³/mol. The van der Waals surface area contributed by atoms with Gasteiger partial charge in [-0.3, -0.25) is 4.79 Å². The number of aryl methyl sites for hydroxylation is 1. The number of amides is 1. The van der Waals surface area contributed by atoms with E-state index in [4.69, 9.17) is 5.26 Å². The van der Waals surface area contributed by atoms with Crippen LogP contribution in [-0.4, -0.2) is 24.2 Å². The highest BCUT2D eigenvalue weighted by molar-refractivity contribution is 5.76. The molecule has 2 N–H and O–H groups in total. The van der Waals surface area contributed by atoms with Crippen LogP contribution in [0, 0.1) is 11.3 Å². The number of carbonyl (C=O) groups is 1. The van der Waals surface area contributed by atoms with Crippen molar-refractivity contribution in [2.75, 3.05) is 13.2 Å². The van der Waals surface area contributed by atoms with Crippen molar-refractivity contribution in [3.05, 3.63) is 71.3 Å². The first-order valence-corrected chi connectivity index (χ1v) is 8.14. The Morgan fingerprint density at radius 2 is 1.83 bits per heavy atom. The molecule has 4 heteroatoms. The molecule has 1 amide bonds. The first kappa shape index (κ1) is 17.7. The molecule has 0 aliphatic heterocycles. The molecule has 0 heterocycles. The molecule has 0 bridgehead atoms. The number of carbonyl (C=O) groups excluding carboxylic acids is 1. The summed E-state index contributed by atoms with van der Waals surface area (Å²) in [6.07, 6.45) is 1.68. The summed E-state index contributed by atoms with van der Waals surface area (Å²) in [6, 6.07) is 19.3. The summed E-state index contributed by atoms with van der Waals surface area (Å²) in [6.45, 7) is 0.622. The standard InChI is InChI=1S/C20H22N2O2/c21-14-17-8-6-16(7-9-17)10-11-20(24)22-15-19(12-13-23)18-4-2-1-3-5-18/h1-9,19,23H,10-13,15H2,(H,22,24). The molecule has 0 aliphatic carbocycles. The Kier molecular flexibility index (Phi) is 7.00. The van der Waals surface area contributed by atoms with Crippen LogP contribution in [0.2, 0.25) is 0 Å². The van der Waals surface area contributed by atoms with Crippen LogP contribution in [0.5, 0.6) is 0 Å². The van der Waals surface area contributed by atoms with Crippen molar-refractivity contribution in [3.63, 3.8) is 0 Å². The van der Waals surface area contributed by atoms with Crippen LogP contribution < -0.4 is 5.32 Å². The Bertz CT molecular complexity index is 675. The normalized spacial score (nSPS) is 11.5. The van der Waals surface area contributed by atoms with Crippen molar-refractivity contribution in [2.45, 2.75) is 25.2 Å². The summed E-state index contributed by atoms with van der Waals surface area (Å²) < 4.78 is 0. The number of nitrogens with zero attached hydrogens (tertiary/aromatic N) is 1. The van der Waals surface area contributed by atoms with Gasteiger partial charge in [0.1, 0.15) is 0 Å². The van der Waals surface area contributed by atoms with Gasteiger partial charge in [0.25, 0.3) is 0 Å². The topological polar surface area (TPSA) is 73.1 Å². The number of hydrogen-bond donors (Lipinski definition) is 2. The molecule has 0 radical (unpaired) electrons. The van der Waals surface area contributed by atoms with Crippen LogP contribution in [0.4, 0.5) is 0 Å². The van der Waals surface area contributed by atoms with Gasteiger partial charge in [-0.1, -0.05) is 42.5 Å². The summed E-state index contributed by atoms with van der Waals surface area (Å²) in [5, 5.41) is 21.0. The van der Waals surface area contributed by atoms with Crippen LogP contribution in [0.25, 0.3) is 0 Å². The lowest BCUT2D eigenvalue weighted by molar-refractivity contribution is -0.121. The second-order valence-electron chi connectivity index (χ2n) is 5.73. The van der Waals surface area contributed by atoms with Gasteiger partial charge in [0.15, 0.2) is 0 Å². The van der Waals surface area contributed by atoms with Gasteiger partial charge in [-0.05, 0) is 36.1 Å². The largest absolute Gasteiger partial charge is 0.396 e. The minimum atomic E-state index is -0.00164. The molecule has 4 nitrogen and oxygen atoms in total. The molecule has 0 aromatic heterocycles. The highest BCUT2D eigenvalue weighted by Crippen LogP contribution is 2.18. The molecule has 0 saturated carbocycles. The quantitative estimate of drug-likeness (QED) is 0.785. The maximum absolute atomic E-state index is 12.1. The molecule has 2 aromatic carbocycles. The number of rotatable bonds is 8. The van der Waals surface area contributed by atoms with E-state index in [-0.39, 0.29) is 18.4 Å². The zero-order valence-electron chi connectivity index (χ0n) is 13.6. The summed E-state index contributed by atoms with van der Waals surface area (Å²) in [5.74, 6) is 0.119. The molecule has 0 fully saturated rings. The van der Waals surface area contributed by atoms with E-state index in [1.807, 2.05) is 42.5 Å². The molecule has 0 aliphatic rings. The fraction of sp³-hybridized carbons (Fsp3) is 0.300. The minimum absolute atomic E-state index is 0.00164. The minimum Gasteiger partial charge on any atom is -0.396 e. The van der Waals surface area contributed by atoms with Gasteiger partial charge < -0.3 is 10.4 Å². The van der Waals surface area contributed by atoms with Crippen molar-refractivity contribution in [1.29, 1.82) is 5.26 Å². The molecular weight excluding hydrogens is 300 g/mol. The lowest BCUT2D eigenvalue weighted by Crippen LogP contribution is -2.29. The zero-order valence-corrected chi connectivity index (χ0v) is 13.6. The van der Waals surface area contributed by atoms with E-state index in [1.54, 1.807) is 12.1 Å². The van der Waals surface area contributed by atoms with Gasteiger partial charge in [0.2, 0.25) is 5.91 Å². The second-order valence-corrected chi connectivity index (χ2v) is 5.73. The Hall–Kier alpha value is -2.64. The van der Waals surface area contributed by atoms with Crippen molar-refractivity contribution in [3.8, 4) is 6.07 Å². The first-order valence-electron chi connectivity index (χ1n) is 8.14. The molecule has 0 saturated heterocycles. The van der Waals surface area contributed by atoms with E-state index < -0.39 is 0 Å². The third-order valence-corrected chi connectivity index (χ3v) is 4.02. The van der Waals surface area contributed by atoms with Crippen LogP contribution in [0.15, 0.2) is 54.6 Å². The van der Waals surface area contributed by atoms with Crippen LogP contribution in [0.1, 0.15) is 35.4 Å². The van der Waals surface area contributed by atoms with Gasteiger partial charge in [0, 0.05) is 25.5 Å². The SMILES string of the molecule is N#Cc1ccc(CCC(=O)NCC(CCO)c2ccccc2)cc1. The number of nitrogens with one attached hydrogen (secondary N) is 1. The van der Waals surface area contributed by atoms with E-state index in [2.05, 4.69) is 11.4 Å². The number of nitriles is 1. The molecule has 0 spiro atoms. The number of aliphatic hydroxyl groups excluding tert-OH is 1. The highest BCUT2D eigenvalue weighted by atomic mass is 16.3. The van der Waals surface area contributed by atoms with Gasteiger partial charge in [-0.25, -0.2) is 0 Å². The van der Waals surface area contributed by atoms with Crippen LogP contribution in [0.3, 0.4) is 0 Å². The molecule has 1 unspecified atom stereocenters. The highest BCUT2D eigenvalue weighted by Gasteiger charge is 2.12. The second kappa shape index (κ2) is 9.49. The lowest BCUT2D eigenvalue weighted by Gasteiger charge is -2.17. The molecule has 2 rings (SSSR count). The zero-order chi connectivity index (χ0) is 17.2.